The average molecular weight is 1250 g/mol. The summed E-state index contributed by atoms with van der Waals surface area (Å²) in [6.45, 7) is 17.6. The minimum absolute atomic E-state index is 0.0375. The van der Waals surface area contributed by atoms with Crippen molar-refractivity contribution in [2.75, 3.05) is 58.8 Å². The molecular formula is C65H101N9O15. The molecule has 0 bridgehead atoms. The number of ether oxygens (including phenoxy) is 5. The van der Waals surface area contributed by atoms with Gasteiger partial charge in [0.1, 0.15) is 18.7 Å². The molecule has 0 aromatic heterocycles. The minimum atomic E-state index is -1.06. The molecule has 4 aliphatic rings. The van der Waals surface area contributed by atoms with Gasteiger partial charge in [0, 0.05) is 83.5 Å². The van der Waals surface area contributed by atoms with E-state index in [0.29, 0.717) is 88.0 Å². The number of amides is 10. The van der Waals surface area contributed by atoms with E-state index in [0.717, 1.165) is 29.7 Å². The highest BCUT2D eigenvalue weighted by Crippen LogP contribution is 2.47. The van der Waals surface area contributed by atoms with Crippen LogP contribution in [0.25, 0.3) is 0 Å². The molecule has 1 aromatic carbocycles. The zero-order valence-electron chi connectivity index (χ0n) is 54.1. The van der Waals surface area contributed by atoms with Crippen LogP contribution in [0.3, 0.4) is 0 Å². The number of epoxide rings is 1. The van der Waals surface area contributed by atoms with E-state index in [9.17, 15) is 48.3 Å². The number of nitrogens with one attached hydrogen (secondary N) is 5. The molecule has 0 spiro atoms. The number of allylic oxidation sites excluding steroid dienone is 3. The Hall–Kier alpha value is -6.89. The van der Waals surface area contributed by atoms with Gasteiger partial charge in [0.25, 0.3) is 11.8 Å². The second-order valence-electron chi connectivity index (χ2n) is 25.1. The Balaban J connectivity index is 0.946. The second-order valence-corrected chi connectivity index (χ2v) is 25.1. The van der Waals surface area contributed by atoms with Gasteiger partial charge in [-0.05, 0) is 132 Å². The van der Waals surface area contributed by atoms with Crippen molar-refractivity contribution < 1.29 is 71.9 Å². The highest BCUT2D eigenvalue weighted by molar-refractivity contribution is 6.12. The minimum Gasteiger partial charge on any atom is -0.449 e. The molecule has 8 N–H and O–H groups in total. The van der Waals surface area contributed by atoms with Crippen LogP contribution in [0, 0.1) is 23.7 Å². The molecular weight excluding hydrogens is 1150 g/mol. The molecule has 24 nitrogen and oxygen atoms in total. The van der Waals surface area contributed by atoms with Crippen LogP contribution in [0.4, 0.5) is 20.1 Å². The molecule has 24 heteroatoms. The van der Waals surface area contributed by atoms with Gasteiger partial charge in [0.05, 0.1) is 48.8 Å². The number of urea groups is 1. The Bertz CT molecular complexity index is 2610. The summed E-state index contributed by atoms with van der Waals surface area (Å²) in [5, 5.41) is 24.0. The van der Waals surface area contributed by atoms with E-state index < -0.39 is 48.2 Å². The van der Waals surface area contributed by atoms with Crippen molar-refractivity contribution >= 4 is 59.3 Å². The van der Waals surface area contributed by atoms with E-state index in [4.69, 9.17) is 29.4 Å². The Labute approximate surface area is 525 Å². The zero-order valence-corrected chi connectivity index (χ0v) is 54.1. The molecule has 0 radical (unpaired) electrons. The molecule has 7 unspecified atom stereocenters. The molecule has 3 saturated heterocycles. The maximum absolute atomic E-state index is 13.7. The maximum atomic E-state index is 13.7. The standard InChI is InChI=1S/C65H101N9O15/c1-41(2)56(71-53(77)23-13-11-15-34-74-54(78)30-31-55(74)79)61(81)70-51(21-18-33-67-62(66)82)60(80)69-48-27-25-47(26-28-48)40-87-63(83)72(9)49-32-35-73(39-49)64(84)86-36-16-12-14-22-52(76)68-38-50-29-24-44(5)57(88-50)43(4)20-17-19-42(3)37-65(8)59(89-65)45(6)58(85-10)46(7)75/h17,19-20,25-28,30-31,41-42,44-46,49-51,56-59,75H,11-16,18,21-24,29,32-40H2,1-10H3,(H,68,76)(H,69,80)(H,70,81)(H,71,77)(H3,66,67,82)/b19-17+,43-20+/t42?,44-,45?,46?,49?,50+,51?,56?,57+,58?,59+,65+/m0/s1. The summed E-state index contributed by atoms with van der Waals surface area (Å²) >= 11 is 0. The van der Waals surface area contributed by atoms with Crippen LogP contribution in [-0.4, -0.2) is 181 Å². The van der Waals surface area contributed by atoms with Gasteiger partial charge in [-0.15, -0.1) is 0 Å². The number of carbonyl (C=O) groups excluding carboxylic acids is 9. The summed E-state index contributed by atoms with van der Waals surface area (Å²) < 4.78 is 29.3. The number of aliphatic hydroxyl groups excluding tert-OH is 1. The predicted octanol–water partition coefficient (Wildman–Crippen LogP) is 6.54. The zero-order chi connectivity index (χ0) is 65.4. The Morgan fingerprint density at radius 3 is 2.21 bits per heavy atom. The number of hydrogen-bond acceptors (Lipinski definition) is 15. The van der Waals surface area contributed by atoms with E-state index >= 15 is 0 Å². The van der Waals surface area contributed by atoms with E-state index in [1.165, 1.54) is 17.1 Å². The normalized spacial score (nSPS) is 22.9. The summed E-state index contributed by atoms with van der Waals surface area (Å²) in [4.78, 5) is 118. The topological polar surface area (TPSA) is 319 Å². The molecule has 4 aliphatic heterocycles. The number of rotatable bonds is 36. The van der Waals surface area contributed by atoms with Crippen LogP contribution in [-0.2, 0) is 59.1 Å². The first-order valence-electron chi connectivity index (χ1n) is 31.8. The number of likely N-dealkylation sites (tertiary alicyclic amines) is 1. The number of unbranched alkanes of at least 4 members (excludes halogenated alkanes) is 4. The molecule has 4 heterocycles. The number of methoxy groups -OCH3 is 1. The van der Waals surface area contributed by atoms with Crippen molar-refractivity contribution in [1.82, 2.24) is 36.0 Å². The lowest BCUT2D eigenvalue weighted by Crippen LogP contribution is -2.54. The van der Waals surface area contributed by atoms with Gasteiger partial charge in [0.2, 0.25) is 23.6 Å². The van der Waals surface area contributed by atoms with Crippen molar-refractivity contribution in [3.05, 3.63) is 65.8 Å². The number of aliphatic hydroxyl groups is 1. The fourth-order valence-corrected chi connectivity index (χ4v) is 11.9. The van der Waals surface area contributed by atoms with Gasteiger partial charge in [-0.2, -0.15) is 0 Å². The van der Waals surface area contributed by atoms with Crippen LogP contribution in [0.2, 0.25) is 0 Å². The maximum Gasteiger partial charge on any atom is 0.410 e. The van der Waals surface area contributed by atoms with E-state index in [1.54, 1.807) is 64.1 Å². The van der Waals surface area contributed by atoms with Gasteiger partial charge in [-0.25, -0.2) is 14.4 Å². The van der Waals surface area contributed by atoms with Gasteiger partial charge in [-0.1, -0.05) is 71.4 Å². The molecule has 0 aliphatic carbocycles. The number of hydrogen-bond donors (Lipinski definition) is 7. The molecule has 3 fully saturated rings. The molecule has 89 heavy (non-hydrogen) atoms. The molecule has 1 aromatic rings. The lowest BCUT2D eigenvalue weighted by atomic mass is 9.85. The number of carbonyl (C=O) groups is 9. The lowest BCUT2D eigenvalue weighted by Gasteiger charge is -2.35. The van der Waals surface area contributed by atoms with Crippen LogP contribution >= 0.6 is 0 Å². The smallest absolute Gasteiger partial charge is 0.410 e. The summed E-state index contributed by atoms with van der Waals surface area (Å²) in [5.74, 6) is -1.88. The number of imide groups is 1. The predicted molar refractivity (Wildman–Crippen MR) is 334 cm³/mol. The third-order valence-corrected chi connectivity index (χ3v) is 17.2. The molecule has 496 valence electrons. The largest absolute Gasteiger partial charge is 0.449 e. The Morgan fingerprint density at radius 1 is 0.865 bits per heavy atom. The van der Waals surface area contributed by atoms with E-state index in [-0.39, 0.29) is 123 Å². The fourth-order valence-electron chi connectivity index (χ4n) is 11.9. The van der Waals surface area contributed by atoms with E-state index in [2.05, 4.69) is 79.4 Å². The summed E-state index contributed by atoms with van der Waals surface area (Å²) in [5.41, 5.74) is 7.14. The monoisotopic (exact) mass is 1250 g/mol. The van der Waals surface area contributed by atoms with Gasteiger partial charge in [0.15, 0.2) is 0 Å². The Kier molecular flexibility index (Phi) is 29.5. The molecule has 5 rings (SSSR count). The number of nitrogens with zero attached hydrogens (tertiary/aromatic N) is 3. The number of anilines is 1. The van der Waals surface area contributed by atoms with Crippen molar-refractivity contribution in [2.24, 2.45) is 29.4 Å². The third kappa shape index (κ3) is 23.8. The quantitative estimate of drug-likeness (QED) is 0.0162. The second kappa shape index (κ2) is 36.1. The van der Waals surface area contributed by atoms with Crippen molar-refractivity contribution in [1.29, 1.82) is 0 Å². The van der Waals surface area contributed by atoms with Crippen molar-refractivity contribution in [3.63, 3.8) is 0 Å². The van der Waals surface area contributed by atoms with E-state index in [1.807, 2.05) is 0 Å². The number of primary amides is 1. The van der Waals surface area contributed by atoms with Crippen molar-refractivity contribution in [2.45, 2.75) is 206 Å². The highest BCUT2D eigenvalue weighted by atomic mass is 16.6. The summed E-state index contributed by atoms with van der Waals surface area (Å²) in [7, 11) is 3.24. The molecule has 0 saturated carbocycles. The van der Waals surface area contributed by atoms with Crippen LogP contribution in [0.1, 0.15) is 151 Å². The SMILES string of the molecule is COC(C(C)O)C(C)[C@H]1O[C@]1(C)CC(C)/C=C/C=C(\C)[C@H]1O[C@@H](CNC(=O)CCCCCOC(=O)N2CCC(N(C)C(=O)OCc3ccc(NC(=O)C(CCCNC(N)=O)NC(=O)C(NC(=O)CCCCCN4C(=O)C=CC4=O)C(C)C)cc3)C2)CC[C@@H]1C. The number of likely N-dealkylation sites (N-methyl/N-ethyl adjacent to an activating group) is 1. The van der Waals surface area contributed by atoms with Crippen LogP contribution in [0.5, 0.6) is 0 Å². The molecule has 12 atom stereocenters. The van der Waals surface area contributed by atoms with Crippen molar-refractivity contribution in [3.8, 4) is 0 Å². The average Bonchev–Trinajstić information content (AvgIpc) is 1.66. The Morgan fingerprint density at radius 2 is 1.55 bits per heavy atom. The first kappa shape index (κ1) is 72.9. The van der Waals surface area contributed by atoms with Crippen LogP contribution < -0.4 is 32.3 Å². The van der Waals surface area contributed by atoms with Gasteiger partial charge < -0.3 is 70.9 Å². The molecule has 10 amide bonds. The summed E-state index contributed by atoms with van der Waals surface area (Å²) in [6.07, 6.45) is 14.6. The lowest BCUT2D eigenvalue weighted by molar-refractivity contribution is -0.137. The first-order chi connectivity index (χ1) is 42.3. The third-order valence-electron chi connectivity index (χ3n) is 17.2. The summed E-state index contributed by atoms with van der Waals surface area (Å²) in [6, 6.07) is 3.55. The number of nitrogens with two attached hydrogens (primary N) is 1. The van der Waals surface area contributed by atoms with Crippen LogP contribution in [0.15, 0.2) is 60.2 Å². The van der Waals surface area contributed by atoms with Gasteiger partial charge in [-0.3, -0.25) is 33.7 Å². The highest BCUT2D eigenvalue weighted by Gasteiger charge is 2.57. The van der Waals surface area contributed by atoms with Gasteiger partial charge >= 0.3 is 18.2 Å². The fraction of sp³-hybridized carbons (Fsp3) is 0.677. The first-order valence-corrected chi connectivity index (χ1v) is 31.8. The number of benzene rings is 1.